The van der Waals surface area contributed by atoms with Crippen LogP contribution in [0, 0.1) is 5.92 Å². The van der Waals surface area contributed by atoms with Crippen LogP contribution < -0.4 is 16.0 Å². The first-order chi connectivity index (χ1) is 16.2. The first kappa shape index (κ1) is 24.3. The molecule has 3 N–H and O–H groups in total. The third kappa shape index (κ3) is 5.64. The van der Waals surface area contributed by atoms with E-state index in [1.165, 1.54) is 12.1 Å². The number of alkyl halides is 3. The van der Waals surface area contributed by atoms with E-state index >= 15 is 0 Å². The van der Waals surface area contributed by atoms with E-state index in [1.54, 1.807) is 0 Å². The summed E-state index contributed by atoms with van der Waals surface area (Å²) in [5, 5.41) is 9.09. The van der Waals surface area contributed by atoms with E-state index in [0.717, 1.165) is 24.6 Å². The monoisotopic (exact) mass is 476 g/mol. The van der Waals surface area contributed by atoms with E-state index in [9.17, 15) is 18.0 Å². The molecule has 2 aromatic rings. The van der Waals surface area contributed by atoms with E-state index in [1.807, 2.05) is 49.3 Å². The van der Waals surface area contributed by atoms with Crippen molar-refractivity contribution in [1.82, 2.24) is 15.5 Å². The fraction of sp³-hybridized carbons (Fsp3) is 0.480. The number of carbonyl (C=O) groups excluding carboxylic acids is 1. The second kappa shape index (κ2) is 10.2. The Bertz CT molecular complexity index is 984. The van der Waals surface area contributed by atoms with Crippen LogP contribution in [-0.4, -0.2) is 50.8 Å². The maximum Gasteiger partial charge on any atom is 0.416 e. The average molecular weight is 477 g/mol. The molecule has 0 saturated carbocycles. The first-order valence-corrected chi connectivity index (χ1v) is 11.6. The Morgan fingerprint density at radius 3 is 2.59 bits per heavy atom. The minimum atomic E-state index is -4.43. The van der Waals surface area contributed by atoms with E-state index in [2.05, 4.69) is 16.0 Å². The Kier molecular flexibility index (Phi) is 7.33. The molecule has 4 rings (SSSR count). The summed E-state index contributed by atoms with van der Waals surface area (Å²) in [4.78, 5) is 14.1. The predicted molar refractivity (Wildman–Crippen MR) is 125 cm³/mol. The number of carbonyl (C=O) groups is 1. The van der Waals surface area contributed by atoms with Crippen LogP contribution in [0.5, 0.6) is 0 Å². The Labute approximate surface area is 197 Å². The summed E-state index contributed by atoms with van der Waals surface area (Å²) in [6, 6.07) is 13.4. The van der Waals surface area contributed by atoms with Gasteiger partial charge in [-0.2, -0.15) is 13.2 Å². The molecule has 2 aliphatic heterocycles. The zero-order chi connectivity index (χ0) is 24.3. The smallest absolute Gasteiger partial charge is 0.378 e. The largest absolute Gasteiger partial charge is 0.416 e. The number of anilines is 1. The van der Waals surface area contributed by atoms with Crippen LogP contribution in [0.25, 0.3) is 0 Å². The van der Waals surface area contributed by atoms with Gasteiger partial charge in [0, 0.05) is 36.8 Å². The molecular formula is C25H31F3N4O2. The van der Waals surface area contributed by atoms with Gasteiger partial charge < -0.3 is 25.6 Å². The summed E-state index contributed by atoms with van der Waals surface area (Å²) in [7, 11) is 3.85. The Hall–Kier alpha value is -2.78. The van der Waals surface area contributed by atoms with Crippen molar-refractivity contribution in [2.45, 2.75) is 37.3 Å². The molecular weight excluding hydrogens is 445 g/mol. The molecule has 1 fully saturated rings. The summed E-state index contributed by atoms with van der Waals surface area (Å²) >= 11 is 0. The van der Waals surface area contributed by atoms with Gasteiger partial charge in [-0.1, -0.05) is 30.3 Å². The average Bonchev–Trinajstić information content (AvgIpc) is 2.81. The zero-order valence-electron chi connectivity index (χ0n) is 19.4. The van der Waals surface area contributed by atoms with Crippen molar-refractivity contribution < 1.29 is 22.7 Å². The Balaban J connectivity index is 1.52. The second-order valence-electron chi connectivity index (χ2n) is 9.19. The van der Waals surface area contributed by atoms with E-state index in [-0.39, 0.29) is 24.1 Å². The van der Waals surface area contributed by atoms with Crippen molar-refractivity contribution in [3.63, 3.8) is 0 Å². The summed E-state index contributed by atoms with van der Waals surface area (Å²) in [5.41, 5.74) is 1.56. The number of nitrogens with one attached hydrogen (secondary N) is 3. The van der Waals surface area contributed by atoms with Crippen molar-refractivity contribution in [1.29, 1.82) is 0 Å². The van der Waals surface area contributed by atoms with Crippen molar-refractivity contribution in [2.75, 3.05) is 39.0 Å². The van der Waals surface area contributed by atoms with Gasteiger partial charge in [0.2, 0.25) is 0 Å². The predicted octanol–water partition coefficient (Wildman–Crippen LogP) is 4.57. The normalized spacial score (nSPS) is 24.1. The van der Waals surface area contributed by atoms with Gasteiger partial charge in [-0.05, 0) is 50.7 Å². The van der Waals surface area contributed by atoms with Crippen LogP contribution in [-0.2, 0) is 10.9 Å². The molecule has 2 aliphatic rings. The van der Waals surface area contributed by atoms with Gasteiger partial charge in [0.15, 0.2) is 0 Å². The summed E-state index contributed by atoms with van der Waals surface area (Å²) in [6.45, 7) is 1.55. The van der Waals surface area contributed by atoms with Gasteiger partial charge in [-0.3, -0.25) is 0 Å². The minimum absolute atomic E-state index is 0.0245. The molecule has 2 amide bonds. The Morgan fingerprint density at radius 2 is 1.88 bits per heavy atom. The van der Waals surface area contributed by atoms with Crippen LogP contribution in [0.4, 0.5) is 23.7 Å². The van der Waals surface area contributed by atoms with E-state index in [4.69, 9.17) is 4.74 Å². The number of nitrogens with zero attached hydrogens (tertiary/aromatic N) is 1. The van der Waals surface area contributed by atoms with E-state index < -0.39 is 17.8 Å². The van der Waals surface area contributed by atoms with Gasteiger partial charge >= 0.3 is 12.2 Å². The minimum Gasteiger partial charge on any atom is -0.378 e. The highest BCUT2D eigenvalue weighted by Gasteiger charge is 2.43. The third-order valence-electron chi connectivity index (χ3n) is 6.47. The maximum absolute atomic E-state index is 13.4. The molecule has 6 nitrogen and oxygen atoms in total. The van der Waals surface area contributed by atoms with Crippen molar-refractivity contribution in [3.05, 3.63) is 65.2 Å². The van der Waals surface area contributed by atoms with Gasteiger partial charge in [0.25, 0.3) is 0 Å². The number of fused-ring (bicyclic) bond motifs is 3. The number of ether oxygens (including phenoxy) is 1. The number of amides is 2. The summed E-state index contributed by atoms with van der Waals surface area (Å²) in [5.74, 6) is -0.0245. The van der Waals surface area contributed by atoms with Crippen molar-refractivity contribution in [2.24, 2.45) is 5.92 Å². The number of likely N-dealkylation sites (N-methyl/N-ethyl adjacent to an activating group) is 1. The topological polar surface area (TPSA) is 65.6 Å². The number of hydrogen-bond acceptors (Lipinski definition) is 4. The third-order valence-corrected chi connectivity index (χ3v) is 6.47. The van der Waals surface area contributed by atoms with Gasteiger partial charge in [0.1, 0.15) is 0 Å². The number of urea groups is 1. The lowest BCUT2D eigenvalue weighted by molar-refractivity contribution is -0.138. The SMILES string of the molecule is CN(C)CCNC(=O)NCC1CC[C@H]2[C@@H](c3ccccc3)Nc3ccc(C(F)(F)F)cc3[C@H]2O1. The van der Waals surface area contributed by atoms with Crippen LogP contribution in [0.15, 0.2) is 48.5 Å². The molecule has 0 bridgehead atoms. The lowest BCUT2D eigenvalue weighted by Crippen LogP contribution is -2.46. The van der Waals surface area contributed by atoms with Gasteiger partial charge in [0.05, 0.1) is 23.8 Å². The second-order valence-corrected chi connectivity index (χ2v) is 9.19. The van der Waals surface area contributed by atoms with Crippen LogP contribution in [0.1, 0.15) is 41.7 Å². The van der Waals surface area contributed by atoms with Crippen molar-refractivity contribution >= 4 is 11.7 Å². The fourth-order valence-corrected chi connectivity index (χ4v) is 4.74. The molecule has 9 heteroatoms. The van der Waals surface area contributed by atoms with Crippen LogP contribution in [0.2, 0.25) is 0 Å². The highest BCUT2D eigenvalue weighted by atomic mass is 19.4. The fourth-order valence-electron chi connectivity index (χ4n) is 4.74. The van der Waals surface area contributed by atoms with Gasteiger partial charge in [-0.25, -0.2) is 4.79 Å². The highest BCUT2D eigenvalue weighted by molar-refractivity contribution is 5.73. The summed E-state index contributed by atoms with van der Waals surface area (Å²) in [6.07, 6.45) is -3.74. The molecule has 2 heterocycles. The van der Waals surface area contributed by atoms with Crippen molar-refractivity contribution in [3.8, 4) is 0 Å². The molecule has 34 heavy (non-hydrogen) atoms. The number of rotatable bonds is 6. The molecule has 1 saturated heterocycles. The molecule has 0 spiro atoms. The maximum atomic E-state index is 13.4. The standard InChI is InChI=1S/C25H31F3N4O2/c1-32(2)13-12-29-24(33)30-15-18-9-10-19-22(16-6-4-3-5-7-16)31-21-11-8-17(25(26,27)28)14-20(21)23(19)34-18/h3-8,11,14,18-19,22-23,31H,9-10,12-13,15H2,1-2H3,(H2,29,30,33)/t18?,19-,22+,23-/m0/s1. The van der Waals surface area contributed by atoms with Crippen LogP contribution in [0.3, 0.4) is 0 Å². The lowest BCUT2D eigenvalue weighted by Gasteiger charge is -2.46. The van der Waals surface area contributed by atoms with Crippen LogP contribution >= 0.6 is 0 Å². The van der Waals surface area contributed by atoms with Gasteiger partial charge in [-0.15, -0.1) is 0 Å². The molecule has 0 radical (unpaired) electrons. The molecule has 0 aromatic heterocycles. The molecule has 1 unspecified atom stereocenters. The molecule has 4 atom stereocenters. The molecule has 184 valence electrons. The number of benzene rings is 2. The quantitative estimate of drug-likeness (QED) is 0.572. The number of hydrogen-bond donors (Lipinski definition) is 3. The lowest BCUT2D eigenvalue weighted by atomic mass is 9.76. The molecule has 0 aliphatic carbocycles. The Morgan fingerprint density at radius 1 is 1.12 bits per heavy atom. The summed E-state index contributed by atoms with van der Waals surface area (Å²) < 4.78 is 46.7. The van der Waals surface area contributed by atoms with E-state index in [0.29, 0.717) is 30.8 Å². The molecule has 2 aromatic carbocycles. The first-order valence-electron chi connectivity index (χ1n) is 11.6. The zero-order valence-corrected chi connectivity index (χ0v) is 19.4. The highest BCUT2D eigenvalue weighted by Crippen LogP contribution is 2.51. The number of halogens is 3.